The van der Waals surface area contributed by atoms with E-state index in [4.69, 9.17) is 21.1 Å². The highest BCUT2D eigenvalue weighted by atomic mass is 35.5. The van der Waals surface area contributed by atoms with Crippen molar-refractivity contribution in [1.29, 1.82) is 0 Å². The predicted molar refractivity (Wildman–Crippen MR) is 140 cm³/mol. The Bertz CT molecular complexity index is 1320. The van der Waals surface area contributed by atoms with E-state index in [-0.39, 0.29) is 11.7 Å². The molecular weight excluding hydrogens is 484 g/mol. The van der Waals surface area contributed by atoms with Crippen LogP contribution in [0.2, 0.25) is 5.02 Å². The van der Waals surface area contributed by atoms with Crippen LogP contribution in [0.5, 0.6) is 11.5 Å². The molecule has 1 heterocycles. The lowest BCUT2D eigenvalue weighted by Crippen LogP contribution is -2.15. The first-order valence-corrected chi connectivity index (χ1v) is 12.4. The number of anilines is 1. The number of amides is 1. The van der Waals surface area contributed by atoms with Crippen LogP contribution >= 0.6 is 23.4 Å². The Balaban J connectivity index is 1.61. The summed E-state index contributed by atoms with van der Waals surface area (Å²) in [6.45, 7) is 4.49. The van der Waals surface area contributed by atoms with E-state index in [0.717, 1.165) is 22.6 Å². The predicted octanol–water partition coefficient (Wildman–Crippen LogP) is 6.03. The minimum absolute atomic E-state index is 0.141. The number of aromatic nitrogens is 3. The number of hydrogen-bond donors (Lipinski definition) is 1. The summed E-state index contributed by atoms with van der Waals surface area (Å²) in [5.74, 6) is 1.97. The maximum absolute atomic E-state index is 12.8. The topological polar surface area (TPSA) is 78.3 Å². The molecule has 7 nitrogen and oxygen atoms in total. The zero-order chi connectivity index (χ0) is 24.8. The molecule has 0 spiro atoms. The number of halogens is 1. The van der Waals surface area contributed by atoms with Gasteiger partial charge in [0.1, 0.15) is 11.5 Å². The fraction of sp³-hybridized carbons (Fsp3) is 0.192. The zero-order valence-electron chi connectivity index (χ0n) is 19.6. The standard InChI is InChI=1S/C26H25ClN4O3S/c1-4-34-21-11-9-20(10-12-21)31-25(18-6-5-7-19(27)15-18)29-30-26(31)35-16-24(32)28-22-14-17(2)8-13-23(22)33-3/h5-15H,4,16H2,1-3H3,(H,28,32). The van der Waals surface area contributed by atoms with E-state index < -0.39 is 0 Å². The van der Waals surface area contributed by atoms with Crippen molar-refractivity contribution in [1.82, 2.24) is 14.8 Å². The normalized spacial score (nSPS) is 10.7. The third-order valence-corrected chi connectivity index (χ3v) is 6.25. The fourth-order valence-electron chi connectivity index (χ4n) is 3.50. The third kappa shape index (κ3) is 5.96. The number of nitrogens with zero attached hydrogens (tertiary/aromatic N) is 3. The molecule has 0 saturated carbocycles. The van der Waals surface area contributed by atoms with Gasteiger partial charge in [0.15, 0.2) is 11.0 Å². The van der Waals surface area contributed by atoms with E-state index in [0.29, 0.717) is 34.0 Å². The van der Waals surface area contributed by atoms with E-state index in [1.54, 1.807) is 7.11 Å². The molecular formula is C26H25ClN4O3S. The lowest BCUT2D eigenvalue weighted by molar-refractivity contribution is -0.113. The van der Waals surface area contributed by atoms with E-state index in [2.05, 4.69) is 15.5 Å². The van der Waals surface area contributed by atoms with Gasteiger partial charge < -0.3 is 14.8 Å². The summed E-state index contributed by atoms with van der Waals surface area (Å²) in [6, 6.07) is 20.7. The monoisotopic (exact) mass is 508 g/mol. The van der Waals surface area contributed by atoms with Crippen LogP contribution < -0.4 is 14.8 Å². The van der Waals surface area contributed by atoms with Gasteiger partial charge in [-0.15, -0.1) is 10.2 Å². The largest absolute Gasteiger partial charge is 0.495 e. The summed E-state index contributed by atoms with van der Waals surface area (Å²) < 4.78 is 12.8. The second-order valence-corrected chi connectivity index (χ2v) is 9.00. The van der Waals surface area contributed by atoms with Crippen LogP contribution in [0, 0.1) is 6.92 Å². The van der Waals surface area contributed by atoms with E-state index in [1.807, 2.05) is 85.1 Å². The van der Waals surface area contributed by atoms with Gasteiger partial charge in [-0.2, -0.15) is 0 Å². The Morgan fingerprint density at radius 1 is 1.09 bits per heavy atom. The molecule has 3 aromatic carbocycles. The summed E-state index contributed by atoms with van der Waals surface area (Å²) >= 11 is 7.52. The molecule has 0 saturated heterocycles. The molecule has 0 aliphatic carbocycles. The zero-order valence-corrected chi connectivity index (χ0v) is 21.2. The molecule has 0 atom stereocenters. The van der Waals surface area contributed by atoms with Gasteiger partial charge in [0.25, 0.3) is 0 Å². The highest BCUT2D eigenvalue weighted by molar-refractivity contribution is 7.99. The number of benzene rings is 3. The molecule has 0 unspecified atom stereocenters. The first kappa shape index (κ1) is 24.6. The van der Waals surface area contributed by atoms with Gasteiger partial charge in [-0.05, 0) is 67.9 Å². The van der Waals surface area contributed by atoms with Crippen LogP contribution in [0.25, 0.3) is 17.1 Å². The van der Waals surface area contributed by atoms with Crippen molar-refractivity contribution in [3.05, 3.63) is 77.3 Å². The number of carbonyl (C=O) groups is 1. The molecule has 0 fully saturated rings. The van der Waals surface area contributed by atoms with Crippen LogP contribution in [0.4, 0.5) is 5.69 Å². The summed E-state index contributed by atoms with van der Waals surface area (Å²) in [6.07, 6.45) is 0. The van der Waals surface area contributed by atoms with Gasteiger partial charge in [-0.25, -0.2) is 0 Å². The summed E-state index contributed by atoms with van der Waals surface area (Å²) in [5, 5.41) is 12.9. The van der Waals surface area contributed by atoms with Gasteiger partial charge in [-0.1, -0.05) is 41.6 Å². The first-order chi connectivity index (χ1) is 17.0. The van der Waals surface area contributed by atoms with Gasteiger partial charge in [0.05, 0.1) is 25.2 Å². The molecule has 9 heteroatoms. The van der Waals surface area contributed by atoms with E-state index in [9.17, 15) is 4.79 Å². The number of carbonyl (C=O) groups excluding carboxylic acids is 1. The fourth-order valence-corrected chi connectivity index (χ4v) is 4.45. The smallest absolute Gasteiger partial charge is 0.234 e. The second kappa shape index (κ2) is 11.3. The highest BCUT2D eigenvalue weighted by Gasteiger charge is 2.18. The molecule has 4 rings (SSSR count). The van der Waals surface area contributed by atoms with Crippen molar-refractivity contribution in [2.75, 3.05) is 24.8 Å². The van der Waals surface area contributed by atoms with Gasteiger partial charge in [0.2, 0.25) is 5.91 Å². The molecule has 0 radical (unpaired) electrons. The average Bonchev–Trinajstić information content (AvgIpc) is 3.28. The molecule has 0 aliphatic heterocycles. The van der Waals surface area contributed by atoms with Crippen molar-refractivity contribution < 1.29 is 14.3 Å². The molecule has 0 aliphatic rings. The summed E-state index contributed by atoms with van der Waals surface area (Å²) in [4.78, 5) is 12.8. The molecule has 180 valence electrons. The number of aryl methyl sites for hydroxylation is 1. The van der Waals surface area contributed by atoms with Crippen LogP contribution in [0.1, 0.15) is 12.5 Å². The van der Waals surface area contributed by atoms with E-state index in [1.165, 1.54) is 11.8 Å². The van der Waals surface area contributed by atoms with Crippen molar-refractivity contribution >= 4 is 35.0 Å². The lowest BCUT2D eigenvalue weighted by Gasteiger charge is -2.13. The Morgan fingerprint density at radius 3 is 2.60 bits per heavy atom. The molecule has 1 amide bonds. The number of rotatable bonds is 9. The molecule has 4 aromatic rings. The van der Waals surface area contributed by atoms with Crippen LogP contribution in [0.15, 0.2) is 71.9 Å². The quantitative estimate of drug-likeness (QED) is 0.278. The molecule has 1 N–H and O–H groups in total. The van der Waals surface area contributed by atoms with Crippen molar-refractivity contribution in [2.24, 2.45) is 0 Å². The van der Waals surface area contributed by atoms with Crippen molar-refractivity contribution in [3.8, 4) is 28.6 Å². The molecule has 0 bridgehead atoms. The van der Waals surface area contributed by atoms with E-state index >= 15 is 0 Å². The highest BCUT2D eigenvalue weighted by Crippen LogP contribution is 2.31. The molecule has 1 aromatic heterocycles. The third-order valence-electron chi connectivity index (χ3n) is 5.08. The lowest BCUT2D eigenvalue weighted by atomic mass is 10.2. The Labute approximate surface area is 213 Å². The second-order valence-electron chi connectivity index (χ2n) is 7.62. The number of hydrogen-bond acceptors (Lipinski definition) is 6. The Morgan fingerprint density at radius 2 is 1.89 bits per heavy atom. The Hall–Kier alpha value is -3.49. The molecule has 35 heavy (non-hydrogen) atoms. The SMILES string of the molecule is CCOc1ccc(-n2c(SCC(=O)Nc3cc(C)ccc3OC)nnc2-c2cccc(Cl)c2)cc1. The minimum atomic E-state index is -0.176. The van der Waals surface area contributed by atoms with Gasteiger partial charge in [-0.3, -0.25) is 9.36 Å². The summed E-state index contributed by atoms with van der Waals surface area (Å²) in [5.41, 5.74) is 3.32. The minimum Gasteiger partial charge on any atom is -0.495 e. The van der Waals surface area contributed by atoms with Crippen molar-refractivity contribution in [3.63, 3.8) is 0 Å². The Kier molecular flexibility index (Phi) is 7.94. The van der Waals surface area contributed by atoms with Crippen molar-refractivity contribution in [2.45, 2.75) is 19.0 Å². The van der Waals surface area contributed by atoms with Gasteiger partial charge >= 0.3 is 0 Å². The average molecular weight is 509 g/mol. The number of methoxy groups -OCH3 is 1. The number of thioether (sulfide) groups is 1. The maximum atomic E-state index is 12.8. The first-order valence-electron chi connectivity index (χ1n) is 11.0. The van der Waals surface area contributed by atoms with Crippen LogP contribution in [-0.2, 0) is 4.79 Å². The van der Waals surface area contributed by atoms with Crippen LogP contribution in [-0.4, -0.2) is 40.1 Å². The maximum Gasteiger partial charge on any atom is 0.234 e. The van der Waals surface area contributed by atoms with Gasteiger partial charge in [0, 0.05) is 16.3 Å². The number of nitrogens with one attached hydrogen (secondary N) is 1. The van der Waals surface area contributed by atoms with Crippen LogP contribution in [0.3, 0.4) is 0 Å². The number of ether oxygens (including phenoxy) is 2. The summed E-state index contributed by atoms with van der Waals surface area (Å²) in [7, 11) is 1.58.